The van der Waals surface area contributed by atoms with Gasteiger partial charge >= 0.3 is 6.18 Å². The highest BCUT2D eigenvalue weighted by Gasteiger charge is 2.31. The topological polar surface area (TPSA) is 70.6 Å². The number of nitrogens with one attached hydrogen (secondary N) is 2. The van der Waals surface area contributed by atoms with Crippen LogP contribution in [0.5, 0.6) is 0 Å². The van der Waals surface area contributed by atoms with E-state index in [-0.39, 0.29) is 23.6 Å². The molecule has 2 aromatic carbocycles. The number of benzene rings is 2. The number of carbonyl (C=O) groups excluding carboxylic acids is 2. The van der Waals surface area contributed by atoms with Crippen LogP contribution >= 0.6 is 11.6 Å². The van der Waals surface area contributed by atoms with Crippen molar-refractivity contribution in [1.82, 2.24) is 5.43 Å². The first-order valence-electron chi connectivity index (χ1n) is 7.79. The zero-order valence-corrected chi connectivity index (χ0v) is 14.6. The molecule has 0 radical (unpaired) electrons. The molecular formula is C18H15ClF3N3O2. The molecule has 2 N–H and O–H groups in total. The zero-order valence-electron chi connectivity index (χ0n) is 13.9. The summed E-state index contributed by atoms with van der Waals surface area (Å²) < 4.78 is 38.1. The van der Waals surface area contributed by atoms with Crippen molar-refractivity contribution < 1.29 is 22.8 Å². The number of nitrogens with zero attached hydrogens (tertiary/aromatic N) is 1. The maximum Gasteiger partial charge on any atom is 0.416 e. The van der Waals surface area contributed by atoms with Crippen molar-refractivity contribution in [3.63, 3.8) is 0 Å². The van der Waals surface area contributed by atoms with Gasteiger partial charge in [0.1, 0.15) is 0 Å². The number of hydrogen-bond acceptors (Lipinski definition) is 3. The summed E-state index contributed by atoms with van der Waals surface area (Å²) in [6.45, 7) is 0. The summed E-state index contributed by atoms with van der Waals surface area (Å²) in [4.78, 5) is 23.5. The summed E-state index contributed by atoms with van der Waals surface area (Å²) in [6.07, 6.45) is -3.53. The molecule has 0 aliphatic heterocycles. The number of hydrazone groups is 1. The van der Waals surface area contributed by atoms with Gasteiger partial charge in [-0.3, -0.25) is 9.59 Å². The SMILES string of the molecule is O=C(CCC(=O)Nc1cc(C(F)(F)F)ccc1Cl)N/N=C/c1ccccc1. The Labute approximate surface area is 158 Å². The molecule has 5 nitrogen and oxygen atoms in total. The Kier molecular flexibility index (Phi) is 6.95. The molecule has 0 heterocycles. The number of carbonyl (C=O) groups is 2. The fourth-order valence-corrected chi connectivity index (χ4v) is 2.18. The number of alkyl halides is 3. The van der Waals surface area contributed by atoms with Crippen molar-refractivity contribution >= 4 is 35.3 Å². The van der Waals surface area contributed by atoms with E-state index in [9.17, 15) is 22.8 Å². The lowest BCUT2D eigenvalue weighted by Gasteiger charge is -2.11. The third kappa shape index (κ3) is 6.74. The van der Waals surface area contributed by atoms with Gasteiger partial charge in [0, 0.05) is 12.8 Å². The third-order valence-electron chi connectivity index (χ3n) is 3.35. The lowest BCUT2D eigenvalue weighted by molar-refractivity contribution is -0.137. The van der Waals surface area contributed by atoms with E-state index in [1.807, 2.05) is 18.2 Å². The van der Waals surface area contributed by atoms with E-state index in [1.54, 1.807) is 12.1 Å². The Balaban J connectivity index is 1.84. The Morgan fingerprint density at radius 3 is 2.37 bits per heavy atom. The Bertz CT molecular complexity index is 839. The molecule has 0 atom stereocenters. The van der Waals surface area contributed by atoms with Crippen LogP contribution in [0.1, 0.15) is 24.0 Å². The van der Waals surface area contributed by atoms with Crippen molar-refractivity contribution in [1.29, 1.82) is 0 Å². The van der Waals surface area contributed by atoms with Gasteiger partial charge in [-0.25, -0.2) is 5.43 Å². The predicted octanol–water partition coefficient (Wildman–Crippen LogP) is 4.23. The van der Waals surface area contributed by atoms with Crippen molar-refractivity contribution in [3.05, 3.63) is 64.7 Å². The summed E-state index contributed by atoms with van der Waals surface area (Å²) in [7, 11) is 0. The fraction of sp³-hybridized carbons (Fsp3) is 0.167. The van der Waals surface area contributed by atoms with Crippen LogP contribution in [-0.2, 0) is 15.8 Å². The number of anilines is 1. The van der Waals surface area contributed by atoms with Crippen molar-refractivity contribution in [3.8, 4) is 0 Å². The molecule has 27 heavy (non-hydrogen) atoms. The molecular weight excluding hydrogens is 383 g/mol. The lowest BCUT2D eigenvalue weighted by atomic mass is 10.2. The smallest absolute Gasteiger partial charge is 0.325 e. The third-order valence-corrected chi connectivity index (χ3v) is 3.68. The molecule has 0 saturated heterocycles. The first-order valence-corrected chi connectivity index (χ1v) is 8.17. The summed E-state index contributed by atoms with van der Waals surface area (Å²) in [5, 5.41) is 5.99. The summed E-state index contributed by atoms with van der Waals surface area (Å²) >= 11 is 5.80. The van der Waals surface area contributed by atoms with Crippen LogP contribution in [0.15, 0.2) is 53.6 Å². The Morgan fingerprint density at radius 2 is 1.70 bits per heavy atom. The van der Waals surface area contributed by atoms with Crippen LogP contribution in [-0.4, -0.2) is 18.0 Å². The van der Waals surface area contributed by atoms with Crippen LogP contribution in [0.2, 0.25) is 5.02 Å². The van der Waals surface area contributed by atoms with Crippen molar-refractivity contribution in [2.45, 2.75) is 19.0 Å². The number of rotatable bonds is 6. The molecule has 0 bridgehead atoms. The molecule has 0 fully saturated rings. The van der Waals surface area contributed by atoms with E-state index in [4.69, 9.17) is 11.6 Å². The Morgan fingerprint density at radius 1 is 1.04 bits per heavy atom. The molecule has 0 aromatic heterocycles. The normalized spacial score (nSPS) is 11.4. The van der Waals surface area contributed by atoms with Crippen LogP contribution in [0.3, 0.4) is 0 Å². The van der Waals surface area contributed by atoms with Crippen molar-refractivity contribution in [2.75, 3.05) is 5.32 Å². The predicted molar refractivity (Wildman–Crippen MR) is 96.5 cm³/mol. The number of halogens is 4. The van der Waals surface area contributed by atoms with Crippen LogP contribution in [0.25, 0.3) is 0 Å². The maximum absolute atomic E-state index is 12.7. The highest BCUT2D eigenvalue weighted by Crippen LogP contribution is 2.33. The van der Waals surface area contributed by atoms with E-state index in [1.165, 1.54) is 6.21 Å². The van der Waals surface area contributed by atoms with Gasteiger partial charge in [0.05, 0.1) is 22.5 Å². The first kappa shape index (κ1) is 20.4. The molecule has 2 amide bonds. The monoisotopic (exact) mass is 397 g/mol. The number of amides is 2. The second kappa shape index (κ2) is 9.18. The van der Waals surface area contributed by atoms with Gasteiger partial charge in [-0.1, -0.05) is 41.9 Å². The number of hydrogen-bond donors (Lipinski definition) is 2. The summed E-state index contributed by atoms with van der Waals surface area (Å²) in [6, 6.07) is 11.7. The fourth-order valence-electron chi connectivity index (χ4n) is 2.01. The van der Waals surface area contributed by atoms with E-state index in [0.29, 0.717) is 0 Å². The van der Waals surface area contributed by atoms with E-state index in [0.717, 1.165) is 23.8 Å². The van der Waals surface area contributed by atoms with Gasteiger partial charge in [0.15, 0.2) is 0 Å². The molecule has 2 rings (SSSR count). The summed E-state index contributed by atoms with van der Waals surface area (Å²) in [5.41, 5.74) is 1.95. The average molecular weight is 398 g/mol. The second-order valence-corrected chi connectivity index (χ2v) is 5.85. The largest absolute Gasteiger partial charge is 0.416 e. The second-order valence-electron chi connectivity index (χ2n) is 5.44. The molecule has 9 heteroatoms. The molecule has 0 saturated carbocycles. The minimum absolute atomic E-state index is 0.0340. The molecule has 0 unspecified atom stereocenters. The van der Waals surface area contributed by atoms with Gasteiger partial charge in [-0.05, 0) is 23.8 Å². The van der Waals surface area contributed by atoms with E-state index in [2.05, 4.69) is 15.8 Å². The van der Waals surface area contributed by atoms with Gasteiger partial charge in [-0.2, -0.15) is 18.3 Å². The molecule has 0 spiro atoms. The van der Waals surface area contributed by atoms with Gasteiger partial charge in [0.2, 0.25) is 11.8 Å². The first-order chi connectivity index (χ1) is 12.8. The average Bonchev–Trinajstić information content (AvgIpc) is 2.62. The maximum atomic E-state index is 12.7. The molecule has 0 aliphatic rings. The lowest BCUT2D eigenvalue weighted by Crippen LogP contribution is -2.21. The van der Waals surface area contributed by atoms with Crippen LogP contribution in [0, 0.1) is 0 Å². The van der Waals surface area contributed by atoms with Gasteiger partial charge in [0.25, 0.3) is 0 Å². The highest BCUT2D eigenvalue weighted by molar-refractivity contribution is 6.33. The molecule has 0 aliphatic carbocycles. The van der Waals surface area contributed by atoms with Crippen LogP contribution in [0.4, 0.5) is 18.9 Å². The Hall–Kier alpha value is -2.87. The minimum atomic E-state index is -4.55. The highest BCUT2D eigenvalue weighted by atomic mass is 35.5. The van der Waals surface area contributed by atoms with E-state index >= 15 is 0 Å². The summed E-state index contributed by atoms with van der Waals surface area (Å²) in [5.74, 6) is -1.15. The zero-order chi connectivity index (χ0) is 19.9. The minimum Gasteiger partial charge on any atom is -0.325 e. The van der Waals surface area contributed by atoms with Crippen LogP contribution < -0.4 is 10.7 Å². The molecule has 2 aromatic rings. The molecule has 142 valence electrons. The van der Waals surface area contributed by atoms with E-state index < -0.39 is 23.6 Å². The standard InChI is InChI=1S/C18H15ClF3N3O2/c19-14-7-6-13(18(20,21)22)10-15(14)24-16(26)8-9-17(27)25-23-11-12-4-2-1-3-5-12/h1-7,10-11H,8-9H2,(H,24,26)(H,25,27)/b23-11+. The van der Waals surface area contributed by atoms with Gasteiger partial charge in [-0.15, -0.1) is 0 Å². The van der Waals surface area contributed by atoms with Crippen molar-refractivity contribution in [2.24, 2.45) is 5.10 Å². The quantitative estimate of drug-likeness (QED) is 0.565. The van der Waals surface area contributed by atoms with Gasteiger partial charge < -0.3 is 5.32 Å².